The van der Waals surface area contributed by atoms with Gasteiger partial charge in [0, 0.05) is 26.1 Å². The molecule has 0 aliphatic heterocycles. The normalized spacial score (nSPS) is 12.3. The third-order valence-electron chi connectivity index (χ3n) is 2.23. The smallest absolute Gasteiger partial charge is 0.219 e. The molecule has 0 saturated heterocycles. The van der Waals surface area contributed by atoms with E-state index in [4.69, 9.17) is 31.2 Å². The van der Waals surface area contributed by atoms with Crippen molar-refractivity contribution in [3.63, 3.8) is 0 Å². The second kappa shape index (κ2) is 19.7. The van der Waals surface area contributed by atoms with Gasteiger partial charge in [-0.2, -0.15) is 0 Å². The first-order valence-electron chi connectivity index (χ1n) is 7.15. The van der Waals surface area contributed by atoms with E-state index in [1.165, 1.54) is 0 Å². The number of amides is 2. The molecule has 25 heavy (non-hydrogen) atoms. The molecule has 2 amide bonds. The number of carbonyl (C=O) groups is 2. The molecule has 146 valence electrons. The van der Waals surface area contributed by atoms with Crippen LogP contribution in [0.2, 0.25) is 0 Å². The van der Waals surface area contributed by atoms with E-state index < -0.39 is 24.0 Å². The van der Waals surface area contributed by atoms with E-state index in [2.05, 4.69) is 23.7 Å². The van der Waals surface area contributed by atoms with Crippen LogP contribution in [0.25, 0.3) is 0 Å². The number of aliphatic hydroxyl groups is 2. The Morgan fingerprint density at radius 3 is 1.36 bits per heavy atom. The molecule has 0 radical (unpaired) electrons. The minimum absolute atomic E-state index is 0. The van der Waals surface area contributed by atoms with Crippen molar-refractivity contribution in [2.75, 3.05) is 39.6 Å². The largest absolute Gasteiger partial charge is 0.553 e. The minimum atomic E-state index is -0.699. The molecule has 0 aromatic heterocycles. The Kier molecular flexibility index (Phi) is 21.8. The number of ether oxygens (including phenoxy) is 4. The van der Waals surface area contributed by atoms with Crippen molar-refractivity contribution >= 4 is 11.8 Å². The first kappa shape index (κ1) is 27.5. The summed E-state index contributed by atoms with van der Waals surface area (Å²) in [5.41, 5.74) is 9.70. The van der Waals surface area contributed by atoms with Gasteiger partial charge >= 0.3 is 0 Å². The zero-order valence-electron chi connectivity index (χ0n) is 14.4. The third-order valence-corrected chi connectivity index (χ3v) is 2.23. The Bertz CT molecular complexity index is 293. The molecule has 0 fully saturated rings. The average Bonchev–Trinajstić information content (AvgIpc) is 2.49. The maximum atomic E-state index is 10.2. The molecular weight excluding hydrogens is 591 g/mol. The quantitative estimate of drug-likeness (QED) is 0.129. The molecule has 0 bridgehead atoms. The molecular formula is C14H28N2O8Rf-2. The van der Waals surface area contributed by atoms with Crippen LogP contribution in [0.4, 0.5) is 0 Å². The minimum Gasteiger partial charge on any atom is -0.553 e. The zero-order chi connectivity index (χ0) is 18.8. The van der Waals surface area contributed by atoms with Gasteiger partial charge in [-0.1, -0.05) is 0 Å². The number of rotatable bonds is 14. The topological polar surface area (TPSA) is 164 Å². The molecule has 0 aliphatic carbocycles. The van der Waals surface area contributed by atoms with E-state index in [0.717, 1.165) is 0 Å². The summed E-state index contributed by atoms with van der Waals surface area (Å²) in [7, 11) is 6.18. The summed E-state index contributed by atoms with van der Waals surface area (Å²) in [6, 6.07) is 0. The molecule has 0 spiro atoms. The molecule has 0 aromatic rings. The molecule has 0 rings (SSSR count). The predicted octanol–water partition coefficient (Wildman–Crippen LogP) is -1.91. The first-order valence-corrected chi connectivity index (χ1v) is 7.15. The molecule has 0 aliphatic rings. The van der Waals surface area contributed by atoms with Crippen molar-refractivity contribution < 1.29 is 38.7 Å². The van der Waals surface area contributed by atoms with Crippen LogP contribution in [0, 0.1) is 14.2 Å². The van der Waals surface area contributed by atoms with Crippen molar-refractivity contribution in [1.82, 2.24) is 0 Å². The monoisotopic (exact) mass is 619 g/mol. The van der Waals surface area contributed by atoms with Crippen LogP contribution in [0.5, 0.6) is 0 Å². The number of hydrogen-bond acceptors (Lipinski definition) is 8. The Labute approximate surface area is 142 Å². The molecule has 2 atom stereocenters. The summed E-state index contributed by atoms with van der Waals surface area (Å²) < 4.78 is 18.6. The van der Waals surface area contributed by atoms with Gasteiger partial charge in [0.25, 0.3) is 0 Å². The maximum Gasteiger partial charge on any atom is 0.219 e. The van der Waals surface area contributed by atoms with E-state index >= 15 is 0 Å². The SMILES string of the molecule is [CH2-]OCC(O)COCCC(N)=O.[CH2-]OCC(O)COCCC(N)=O.[Rf]. The van der Waals surface area contributed by atoms with Gasteiger partial charge in [0.1, 0.15) is 0 Å². The fraction of sp³-hybridized carbons (Fsp3) is 0.714. The van der Waals surface area contributed by atoms with Crippen LogP contribution in [0.3, 0.4) is 0 Å². The average molecular weight is 619 g/mol. The fourth-order valence-electron chi connectivity index (χ4n) is 1.15. The van der Waals surface area contributed by atoms with Crippen LogP contribution < -0.4 is 11.5 Å². The number of nitrogens with two attached hydrogens (primary N) is 2. The molecule has 0 saturated carbocycles. The predicted molar refractivity (Wildman–Crippen MR) is 83.9 cm³/mol. The van der Waals surface area contributed by atoms with Crippen LogP contribution in [0.15, 0.2) is 0 Å². The molecule has 0 heterocycles. The van der Waals surface area contributed by atoms with Gasteiger partial charge in [-0.05, 0) is 0 Å². The van der Waals surface area contributed by atoms with Crippen molar-refractivity contribution in [3.8, 4) is 0 Å². The van der Waals surface area contributed by atoms with Gasteiger partial charge in [0.05, 0.1) is 38.6 Å². The standard InChI is InChI=1S/2C7H14NO4.Rf/c2*1-11-4-6(9)5-12-3-2-7(8)10;/h2*6,9H,1-5H2,(H2,8,10);/q2*-1;. The zero-order valence-corrected chi connectivity index (χ0v) is 20.8. The third kappa shape index (κ3) is 26.9. The van der Waals surface area contributed by atoms with E-state index in [1.54, 1.807) is 0 Å². The van der Waals surface area contributed by atoms with E-state index in [1.807, 2.05) is 0 Å². The van der Waals surface area contributed by atoms with Gasteiger partial charge < -0.3 is 40.6 Å². The van der Waals surface area contributed by atoms with Crippen molar-refractivity contribution in [1.29, 1.82) is 0 Å². The maximum absolute atomic E-state index is 10.2. The van der Waals surface area contributed by atoms with Gasteiger partial charge in [-0.15, -0.1) is 0 Å². The second-order valence-electron chi connectivity index (χ2n) is 4.63. The first-order chi connectivity index (χ1) is 11.3. The van der Waals surface area contributed by atoms with Crippen molar-refractivity contribution in [2.24, 2.45) is 11.5 Å². The van der Waals surface area contributed by atoms with Gasteiger partial charge in [-0.25, -0.2) is 14.2 Å². The Hall–Kier alpha value is -2.30. The molecule has 11 heteroatoms. The summed E-state index contributed by atoms with van der Waals surface area (Å²) >= 11 is 0. The summed E-state index contributed by atoms with van der Waals surface area (Å²) in [5.74, 6) is -0.837. The molecule has 2 unspecified atom stereocenters. The fourth-order valence-corrected chi connectivity index (χ4v) is 1.15. The van der Waals surface area contributed by atoms with Gasteiger partial charge in [0.2, 0.25) is 11.8 Å². The molecule has 10 nitrogen and oxygen atoms in total. The molecule has 0 aromatic carbocycles. The number of carbonyl (C=O) groups excluding carboxylic acids is 2. The number of aliphatic hydroxyl groups excluding tert-OH is 2. The van der Waals surface area contributed by atoms with Crippen molar-refractivity contribution in [2.45, 2.75) is 25.0 Å². The van der Waals surface area contributed by atoms with E-state index in [0.29, 0.717) is 0 Å². The van der Waals surface area contributed by atoms with E-state index in [-0.39, 0.29) is 52.5 Å². The Balaban J connectivity index is -0.000000372. The number of primary amides is 2. The Morgan fingerprint density at radius 1 is 0.800 bits per heavy atom. The van der Waals surface area contributed by atoms with E-state index in [9.17, 15) is 9.59 Å². The second-order valence-corrected chi connectivity index (χ2v) is 4.63. The van der Waals surface area contributed by atoms with Crippen LogP contribution in [0.1, 0.15) is 12.8 Å². The van der Waals surface area contributed by atoms with Crippen LogP contribution >= 0.6 is 0 Å². The Morgan fingerprint density at radius 2 is 1.12 bits per heavy atom. The summed E-state index contributed by atoms with van der Waals surface area (Å²) in [6.45, 7) is 0.950. The summed E-state index contributed by atoms with van der Waals surface area (Å²) in [4.78, 5) is 20.4. The molecule has 6 N–H and O–H groups in total. The van der Waals surface area contributed by atoms with Gasteiger partial charge in [0.15, 0.2) is 0 Å². The number of hydrogen-bond donors (Lipinski definition) is 4. The van der Waals surface area contributed by atoms with Crippen molar-refractivity contribution in [3.05, 3.63) is 14.2 Å². The van der Waals surface area contributed by atoms with Crippen LogP contribution in [-0.2, 0) is 28.5 Å². The summed E-state index contributed by atoms with van der Waals surface area (Å²) in [5, 5.41) is 18.0. The van der Waals surface area contributed by atoms with Gasteiger partial charge in [-0.3, -0.25) is 9.59 Å². The summed E-state index contributed by atoms with van der Waals surface area (Å²) in [6.07, 6.45) is -1.07. The van der Waals surface area contributed by atoms with Crippen LogP contribution in [-0.4, -0.2) is 73.9 Å².